The summed E-state index contributed by atoms with van der Waals surface area (Å²) in [5, 5.41) is 0. The van der Waals surface area contributed by atoms with Gasteiger partial charge in [-0.2, -0.15) is 4.98 Å². The molecule has 8 heteroatoms. The van der Waals surface area contributed by atoms with Gasteiger partial charge in [0.2, 0.25) is 11.8 Å². The van der Waals surface area contributed by atoms with Crippen molar-refractivity contribution in [1.82, 2.24) is 14.8 Å². The van der Waals surface area contributed by atoms with Crippen LogP contribution in [0.4, 0.5) is 10.4 Å². The van der Waals surface area contributed by atoms with Gasteiger partial charge in [-0.1, -0.05) is 0 Å². The van der Waals surface area contributed by atoms with Crippen LogP contribution in [0.2, 0.25) is 0 Å². The Labute approximate surface area is 144 Å². The van der Waals surface area contributed by atoms with Crippen LogP contribution in [-0.4, -0.2) is 66.4 Å². The number of benzene rings is 1. The second kappa shape index (κ2) is 5.72. The number of halogens is 1. The van der Waals surface area contributed by atoms with Gasteiger partial charge in [-0.3, -0.25) is 9.59 Å². The van der Waals surface area contributed by atoms with Crippen LogP contribution < -0.4 is 4.90 Å². The van der Waals surface area contributed by atoms with Gasteiger partial charge in [-0.05, 0) is 12.1 Å². The van der Waals surface area contributed by atoms with Gasteiger partial charge >= 0.3 is 0 Å². The zero-order valence-electron chi connectivity index (χ0n) is 14.1. The molecule has 1 unspecified atom stereocenters. The fraction of sp³-hybridized carbons (Fsp3) is 0.471. The maximum atomic E-state index is 13.2. The summed E-state index contributed by atoms with van der Waals surface area (Å²) in [5.74, 6) is -0.602. The van der Waals surface area contributed by atoms with Gasteiger partial charge in [-0.15, -0.1) is 0 Å². The van der Waals surface area contributed by atoms with Gasteiger partial charge in [0.05, 0.1) is 12.0 Å². The van der Waals surface area contributed by atoms with E-state index in [9.17, 15) is 14.0 Å². The molecule has 2 saturated heterocycles. The van der Waals surface area contributed by atoms with Gasteiger partial charge in [-0.25, -0.2) is 4.39 Å². The van der Waals surface area contributed by atoms with E-state index in [0.29, 0.717) is 36.7 Å². The highest BCUT2D eigenvalue weighted by Gasteiger charge is 2.43. The lowest BCUT2D eigenvalue weighted by Gasteiger charge is -2.43. The van der Waals surface area contributed by atoms with Crippen LogP contribution in [0, 0.1) is 11.7 Å². The first-order valence-electron chi connectivity index (χ1n) is 8.24. The molecule has 1 aromatic heterocycles. The zero-order valence-corrected chi connectivity index (χ0v) is 14.1. The van der Waals surface area contributed by atoms with Crippen molar-refractivity contribution in [2.24, 2.45) is 5.92 Å². The molecule has 1 aromatic carbocycles. The first kappa shape index (κ1) is 15.9. The standard InChI is InChI=1S/C17H19FN4O3/c1-20(2)16(24)10-5-15(23)22(7-10)12-8-21(9-12)17-19-13-6-11(18)3-4-14(13)25-17/h3-4,6,10,12H,5,7-9H2,1-2H3. The molecule has 4 rings (SSSR count). The smallest absolute Gasteiger partial charge is 0.298 e. The Morgan fingerprint density at radius 3 is 2.80 bits per heavy atom. The van der Waals surface area contributed by atoms with Crippen LogP contribution in [0.25, 0.3) is 11.1 Å². The first-order valence-corrected chi connectivity index (χ1v) is 8.24. The van der Waals surface area contributed by atoms with Crippen molar-refractivity contribution in [3.8, 4) is 0 Å². The fourth-order valence-electron chi connectivity index (χ4n) is 3.45. The number of rotatable bonds is 3. The minimum Gasteiger partial charge on any atom is -0.423 e. The Balaban J connectivity index is 1.41. The lowest BCUT2D eigenvalue weighted by molar-refractivity contribution is -0.133. The predicted octanol–water partition coefficient (Wildman–Crippen LogP) is 1.09. The highest BCUT2D eigenvalue weighted by atomic mass is 19.1. The van der Waals surface area contributed by atoms with Crippen molar-refractivity contribution in [3.63, 3.8) is 0 Å². The maximum absolute atomic E-state index is 13.2. The van der Waals surface area contributed by atoms with E-state index in [1.54, 1.807) is 25.1 Å². The zero-order chi connectivity index (χ0) is 17.7. The number of oxazole rings is 1. The summed E-state index contributed by atoms with van der Waals surface area (Å²) in [4.78, 5) is 33.8. The number of fused-ring (bicyclic) bond motifs is 1. The number of likely N-dealkylation sites (tertiary alicyclic amines) is 1. The monoisotopic (exact) mass is 346 g/mol. The number of hydrogen-bond donors (Lipinski definition) is 0. The van der Waals surface area contributed by atoms with E-state index in [4.69, 9.17) is 4.42 Å². The summed E-state index contributed by atoms with van der Waals surface area (Å²) in [6.07, 6.45) is 0.273. The second-order valence-corrected chi connectivity index (χ2v) is 6.85. The average Bonchev–Trinajstić information content (AvgIpc) is 3.08. The highest BCUT2D eigenvalue weighted by molar-refractivity contribution is 5.89. The fourth-order valence-corrected chi connectivity index (χ4v) is 3.45. The van der Waals surface area contributed by atoms with Crippen LogP contribution in [0.5, 0.6) is 0 Å². The quantitative estimate of drug-likeness (QED) is 0.832. The Morgan fingerprint density at radius 2 is 2.08 bits per heavy atom. The van der Waals surface area contributed by atoms with Crippen LogP contribution in [0.1, 0.15) is 6.42 Å². The van der Waals surface area contributed by atoms with Crippen molar-refractivity contribution in [1.29, 1.82) is 0 Å². The molecular weight excluding hydrogens is 327 g/mol. The molecule has 0 N–H and O–H groups in total. The summed E-state index contributed by atoms with van der Waals surface area (Å²) < 4.78 is 18.9. The SMILES string of the molecule is CN(C)C(=O)C1CC(=O)N(C2CN(c3nc4cc(F)ccc4o3)C2)C1. The minimum atomic E-state index is -0.354. The molecule has 2 amide bonds. The van der Waals surface area contributed by atoms with E-state index in [-0.39, 0.29) is 36.0 Å². The molecule has 132 valence electrons. The third kappa shape index (κ3) is 2.71. The molecule has 0 bridgehead atoms. The van der Waals surface area contributed by atoms with Crippen molar-refractivity contribution in [3.05, 3.63) is 24.0 Å². The largest absolute Gasteiger partial charge is 0.423 e. The molecule has 2 aliphatic rings. The number of aromatic nitrogens is 1. The Bertz CT molecular complexity index is 844. The molecule has 2 fully saturated rings. The molecule has 0 aliphatic carbocycles. The van der Waals surface area contributed by atoms with E-state index in [0.717, 1.165) is 0 Å². The molecule has 7 nitrogen and oxygen atoms in total. The number of amides is 2. The third-order valence-electron chi connectivity index (χ3n) is 4.86. The van der Waals surface area contributed by atoms with Crippen molar-refractivity contribution >= 4 is 28.9 Å². The molecule has 0 saturated carbocycles. The number of carbonyl (C=O) groups is 2. The molecule has 2 aliphatic heterocycles. The Kier molecular flexibility index (Phi) is 3.63. The van der Waals surface area contributed by atoms with Crippen molar-refractivity contribution in [2.75, 3.05) is 38.6 Å². The van der Waals surface area contributed by atoms with E-state index in [1.807, 2.05) is 4.90 Å². The molecule has 2 aromatic rings. The highest BCUT2D eigenvalue weighted by Crippen LogP contribution is 2.30. The van der Waals surface area contributed by atoms with Crippen LogP contribution in [0.3, 0.4) is 0 Å². The Hall–Kier alpha value is -2.64. The van der Waals surface area contributed by atoms with Gasteiger partial charge in [0, 0.05) is 46.2 Å². The van der Waals surface area contributed by atoms with Crippen LogP contribution in [0.15, 0.2) is 22.6 Å². The Morgan fingerprint density at radius 1 is 1.32 bits per heavy atom. The number of carbonyl (C=O) groups excluding carboxylic acids is 2. The number of hydrogen-bond acceptors (Lipinski definition) is 5. The number of nitrogens with zero attached hydrogens (tertiary/aromatic N) is 4. The lowest BCUT2D eigenvalue weighted by Crippen LogP contribution is -2.60. The van der Waals surface area contributed by atoms with Crippen molar-refractivity contribution in [2.45, 2.75) is 12.5 Å². The summed E-state index contributed by atoms with van der Waals surface area (Å²) >= 11 is 0. The van der Waals surface area contributed by atoms with E-state index in [1.165, 1.54) is 17.0 Å². The van der Waals surface area contributed by atoms with Crippen molar-refractivity contribution < 1.29 is 18.4 Å². The topological polar surface area (TPSA) is 69.9 Å². The normalized spacial score (nSPS) is 21.1. The van der Waals surface area contributed by atoms with Gasteiger partial charge in [0.15, 0.2) is 5.58 Å². The molecule has 0 spiro atoms. The van der Waals surface area contributed by atoms with E-state index in [2.05, 4.69) is 4.98 Å². The molecule has 25 heavy (non-hydrogen) atoms. The lowest BCUT2D eigenvalue weighted by atomic mass is 10.1. The molecular formula is C17H19FN4O3. The maximum Gasteiger partial charge on any atom is 0.298 e. The van der Waals surface area contributed by atoms with E-state index >= 15 is 0 Å². The van der Waals surface area contributed by atoms with Gasteiger partial charge in [0.25, 0.3) is 6.01 Å². The third-order valence-corrected chi connectivity index (χ3v) is 4.86. The second-order valence-electron chi connectivity index (χ2n) is 6.85. The summed E-state index contributed by atoms with van der Waals surface area (Å²) in [6, 6.07) is 4.71. The van der Waals surface area contributed by atoms with E-state index < -0.39 is 0 Å². The summed E-state index contributed by atoms with van der Waals surface area (Å²) in [5.41, 5.74) is 1.01. The molecule has 0 radical (unpaired) electrons. The van der Waals surface area contributed by atoms with Crippen LogP contribution in [-0.2, 0) is 9.59 Å². The van der Waals surface area contributed by atoms with Gasteiger partial charge < -0.3 is 19.1 Å². The minimum absolute atomic E-state index is 0.00647. The molecule has 3 heterocycles. The summed E-state index contributed by atoms with van der Waals surface area (Å²) in [6.45, 7) is 1.67. The predicted molar refractivity (Wildman–Crippen MR) is 88.5 cm³/mol. The first-order chi connectivity index (χ1) is 11.9. The number of anilines is 1. The average molecular weight is 346 g/mol. The summed E-state index contributed by atoms with van der Waals surface area (Å²) in [7, 11) is 3.41. The van der Waals surface area contributed by atoms with Crippen LogP contribution >= 0.6 is 0 Å². The molecule has 1 atom stereocenters. The van der Waals surface area contributed by atoms with Gasteiger partial charge in [0.1, 0.15) is 11.3 Å².